The first-order chi connectivity index (χ1) is 28.4. The summed E-state index contributed by atoms with van der Waals surface area (Å²) in [7, 11) is 1.75. The van der Waals surface area contributed by atoms with E-state index in [9.17, 15) is 24.0 Å². The molecule has 7 rings (SSSR count). The molecular weight excluding hydrogens is 747 g/mol. The fourth-order valence-electron chi connectivity index (χ4n) is 7.92. The number of aromatic amines is 1. The molecule has 5 aromatic rings. The van der Waals surface area contributed by atoms with Gasteiger partial charge in [0.25, 0.3) is 5.91 Å². The van der Waals surface area contributed by atoms with Crippen LogP contribution < -0.4 is 21.3 Å². The number of ether oxygens (including phenoxy) is 1. The first-order valence-corrected chi connectivity index (χ1v) is 20.1. The number of carbonyl (C=O) groups is 5. The maximum Gasteiger partial charge on any atom is 0.408 e. The molecule has 2 aliphatic rings. The van der Waals surface area contributed by atoms with Gasteiger partial charge in [0, 0.05) is 41.1 Å². The van der Waals surface area contributed by atoms with Gasteiger partial charge < -0.3 is 40.8 Å². The van der Waals surface area contributed by atoms with Gasteiger partial charge in [0.1, 0.15) is 29.8 Å². The number of amides is 5. The fourth-order valence-corrected chi connectivity index (χ4v) is 7.92. The van der Waals surface area contributed by atoms with E-state index in [1.165, 1.54) is 4.90 Å². The van der Waals surface area contributed by atoms with Gasteiger partial charge >= 0.3 is 6.09 Å². The third-order valence-corrected chi connectivity index (χ3v) is 10.7. The number of nitrogens with one attached hydrogen (secondary N) is 5. The van der Waals surface area contributed by atoms with Crippen molar-refractivity contribution in [3.05, 3.63) is 120 Å². The van der Waals surface area contributed by atoms with E-state index < -0.39 is 35.9 Å². The molecule has 2 fully saturated rings. The number of likely N-dealkylation sites (N-methyl/N-ethyl adjacent to an activating group) is 1. The van der Waals surface area contributed by atoms with Gasteiger partial charge in [0.15, 0.2) is 0 Å². The largest absolute Gasteiger partial charge is 0.444 e. The van der Waals surface area contributed by atoms with Crippen molar-refractivity contribution in [3.8, 4) is 11.3 Å². The predicted molar refractivity (Wildman–Crippen MR) is 227 cm³/mol. The first-order valence-electron chi connectivity index (χ1n) is 20.1. The van der Waals surface area contributed by atoms with Crippen molar-refractivity contribution >= 4 is 52.0 Å². The molecule has 0 spiro atoms. The van der Waals surface area contributed by atoms with Gasteiger partial charge in [-0.05, 0) is 107 Å². The Morgan fingerprint density at radius 2 is 1.20 bits per heavy atom. The van der Waals surface area contributed by atoms with Crippen LogP contribution in [-0.2, 0) is 23.9 Å². The molecule has 59 heavy (non-hydrogen) atoms. The number of alkyl carbamates (subject to hydrolysis) is 1. The Hall–Kier alpha value is -6.47. The summed E-state index contributed by atoms with van der Waals surface area (Å²) in [6, 6.07) is 30.7. The highest BCUT2D eigenvalue weighted by Gasteiger charge is 2.39. The molecule has 1 aromatic heterocycles. The molecule has 13 heteroatoms. The van der Waals surface area contributed by atoms with E-state index in [0.29, 0.717) is 49.3 Å². The number of H-pyrrole nitrogens is 1. The fraction of sp³-hybridized carbons (Fsp3) is 0.326. The molecule has 0 saturated carbocycles. The molecule has 3 heterocycles. The van der Waals surface area contributed by atoms with Crippen molar-refractivity contribution in [2.45, 2.75) is 76.2 Å². The average Bonchev–Trinajstić information content (AvgIpc) is 4.01. The zero-order valence-electron chi connectivity index (χ0n) is 33.8. The third kappa shape index (κ3) is 9.47. The van der Waals surface area contributed by atoms with E-state index >= 15 is 0 Å². The van der Waals surface area contributed by atoms with Crippen LogP contribution in [0.3, 0.4) is 0 Å². The van der Waals surface area contributed by atoms with Crippen molar-refractivity contribution in [2.24, 2.45) is 0 Å². The van der Waals surface area contributed by atoms with E-state index in [-0.39, 0.29) is 23.6 Å². The van der Waals surface area contributed by atoms with E-state index in [1.54, 1.807) is 57.0 Å². The zero-order chi connectivity index (χ0) is 41.7. The van der Waals surface area contributed by atoms with Crippen molar-refractivity contribution in [1.29, 1.82) is 0 Å². The van der Waals surface area contributed by atoms with Gasteiger partial charge in [0.05, 0.1) is 0 Å². The van der Waals surface area contributed by atoms with Gasteiger partial charge in [-0.25, -0.2) is 4.79 Å². The summed E-state index contributed by atoms with van der Waals surface area (Å²) in [4.78, 5) is 74.2. The number of rotatable bonds is 11. The lowest BCUT2D eigenvalue weighted by molar-refractivity contribution is -0.138. The van der Waals surface area contributed by atoms with E-state index in [1.807, 2.05) is 84.9 Å². The van der Waals surface area contributed by atoms with Crippen LogP contribution in [0.1, 0.15) is 69.7 Å². The van der Waals surface area contributed by atoms with Crippen LogP contribution in [0.4, 0.5) is 16.2 Å². The Balaban J connectivity index is 0.985. The number of nitrogens with zero attached hydrogens (tertiary/aromatic N) is 2. The van der Waals surface area contributed by atoms with Crippen molar-refractivity contribution in [3.63, 3.8) is 0 Å². The summed E-state index contributed by atoms with van der Waals surface area (Å²) >= 11 is 0. The molecule has 4 atom stereocenters. The van der Waals surface area contributed by atoms with Crippen molar-refractivity contribution in [1.82, 2.24) is 25.4 Å². The quantitative estimate of drug-likeness (QED) is 0.0969. The summed E-state index contributed by atoms with van der Waals surface area (Å²) in [5.74, 6) is -1.03. The first kappa shape index (κ1) is 40.7. The number of hydrogen-bond acceptors (Lipinski definition) is 7. The summed E-state index contributed by atoms with van der Waals surface area (Å²) in [6.45, 7) is 6.16. The molecule has 0 radical (unpaired) electrons. The SMILES string of the molecule is CN[C@@H](C(=O)N1CCC[C@H]1C(=O)Nc1ccc2[nH]c(-c3ccc(NC(=O)[C@@H]4CCCN4C(=O)[C@H](NC(=O)OC(C)(C)C)c4ccccc4)cc3)cc2c1)c1ccccc1. The van der Waals surface area contributed by atoms with Gasteiger partial charge in [-0.3, -0.25) is 19.2 Å². The molecule has 306 valence electrons. The molecule has 2 aliphatic heterocycles. The smallest absolute Gasteiger partial charge is 0.408 e. The molecule has 13 nitrogen and oxygen atoms in total. The Kier molecular flexibility index (Phi) is 12.1. The molecular formula is C46H51N7O6. The average molecular weight is 798 g/mol. The second kappa shape index (κ2) is 17.6. The predicted octanol–water partition coefficient (Wildman–Crippen LogP) is 6.92. The Labute approximate surface area is 343 Å². The minimum absolute atomic E-state index is 0.120. The third-order valence-electron chi connectivity index (χ3n) is 10.7. The number of anilines is 2. The number of aromatic nitrogens is 1. The zero-order valence-corrected chi connectivity index (χ0v) is 33.8. The van der Waals surface area contributed by atoms with E-state index in [2.05, 4.69) is 26.3 Å². The topological polar surface area (TPSA) is 165 Å². The molecule has 4 aromatic carbocycles. The number of carbonyl (C=O) groups excluding carboxylic acids is 5. The van der Waals surface area contributed by atoms with Crippen molar-refractivity contribution < 1.29 is 28.7 Å². The second-order valence-electron chi connectivity index (χ2n) is 16.0. The highest BCUT2D eigenvalue weighted by atomic mass is 16.6. The standard InChI is InChI=1S/C46H51N7O6/c1-46(2,3)59-45(58)51-40(31-15-9-6-10-16-31)44(57)53-26-12-17-37(53)41(54)48-33-21-19-29(20-22-33)36-28-32-27-34(23-24-35(32)50-36)49-42(55)38-18-11-25-52(38)43(56)39(47-4)30-13-7-5-8-14-30/h5-10,13-16,19-24,27-28,37-40,47,50H,11-12,17-18,25-26H2,1-4H3,(H,48,54)(H,49,55)(H,51,58)/t37-,38-,39+,40+/m0/s1. The second-order valence-corrected chi connectivity index (χ2v) is 16.0. The lowest BCUT2D eigenvalue weighted by Crippen LogP contribution is -2.49. The molecule has 5 amide bonds. The summed E-state index contributed by atoms with van der Waals surface area (Å²) < 4.78 is 5.45. The van der Waals surface area contributed by atoms with Crippen molar-refractivity contribution in [2.75, 3.05) is 30.8 Å². The van der Waals surface area contributed by atoms with Gasteiger partial charge in [0.2, 0.25) is 17.7 Å². The monoisotopic (exact) mass is 797 g/mol. The van der Waals surface area contributed by atoms with Crippen LogP contribution in [0.25, 0.3) is 22.2 Å². The lowest BCUT2D eigenvalue weighted by atomic mass is 10.0. The summed E-state index contributed by atoms with van der Waals surface area (Å²) in [5, 5.41) is 12.8. The maximum absolute atomic E-state index is 14.0. The van der Waals surface area contributed by atoms with Gasteiger partial charge in [-0.15, -0.1) is 0 Å². The highest BCUT2D eigenvalue weighted by molar-refractivity contribution is 6.01. The molecule has 0 aliphatic carbocycles. The van der Waals surface area contributed by atoms with Gasteiger partial charge in [-0.1, -0.05) is 72.8 Å². The van der Waals surface area contributed by atoms with Gasteiger partial charge in [-0.2, -0.15) is 0 Å². The van der Waals surface area contributed by atoms with E-state index in [0.717, 1.165) is 34.1 Å². The van der Waals surface area contributed by atoms with Crippen LogP contribution in [0.15, 0.2) is 109 Å². The highest BCUT2D eigenvalue weighted by Crippen LogP contribution is 2.30. The summed E-state index contributed by atoms with van der Waals surface area (Å²) in [5.41, 5.74) is 4.53. The normalized spacial score (nSPS) is 17.6. The minimum atomic E-state index is -1.02. The molecule has 5 N–H and O–H groups in total. The van der Waals surface area contributed by atoms with Crippen LogP contribution >= 0.6 is 0 Å². The Morgan fingerprint density at radius 3 is 1.76 bits per heavy atom. The number of fused-ring (bicyclic) bond motifs is 1. The number of likely N-dealkylation sites (tertiary alicyclic amines) is 2. The molecule has 2 saturated heterocycles. The van der Waals surface area contributed by atoms with Crippen LogP contribution in [0.5, 0.6) is 0 Å². The minimum Gasteiger partial charge on any atom is -0.444 e. The Bertz CT molecular complexity index is 2310. The van der Waals surface area contributed by atoms with Crippen LogP contribution in [0.2, 0.25) is 0 Å². The van der Waals surface area contributed by atoms with Crippen LogP contribution in [-0.4, -0.2) is 82.3 Å². The van der Waals surface area contributed by atoms with E-state index in [4.69, 9.17) is 4.74 Å². The Morgan fingerprint density at radius 1 is 0.678 bits per heavy atom. The maximum atomic E-state index is 14.0. The summed E-state index contributed by atoms with van der Waals surface area (Å²) in [6.07, 6.45) is 1.76. The molecule has 0 bridgehead atoms. The lowest BCUT2D eigenvalue weighted by Gasteiger charge is -2.29. The number of benzene rings is 4. The molecule has 0 unspecified atom stereocenters. The van der Waals surface area contributed by atoms with Crippen LogP contribution in [0, 0.1) is 0 Å². The number of hydrogen-bond donors (Lipinski definition) is 5.